The van der Waals surface area contributed by atoms with Crippen molar-refractivity contribution in [1.82, 2.24) is 0 Å². The van der Waals surface area contributed by atoms with Crippen molar-refractivity contribution in [2.45, 2.75) is 38.9 Å². The summed E-state index contributed by atoms with van der Waals surface area (Å²) in [6, 6.07) is 10.3. The van der Waals surface area contributed by atoms with Crippen molar-refractivity contribution in [3.63, 3.8) is 0 Å². The van der Waals surface area contributed by atoms with Crippen molar-refractivity contribution < 1.29 is 14.4 Å². The number of benzene rings is 2. The number of nitrogens with two attached hydrogens (primary N) is 1. The van der Waals surface area contributed by atoms with Crippen molar-refractivity contribution in [1.29, 1.82) is 0 Å². The number of nitrogens with zero attached hydrogens (tertiary/aromatic N) is 1. The maximum atomic E-state index is 10.6. The van der Waals surface area contributed by atoms with E-state index in [-0.39, 0.29) is 11.3 Å². The lowest BCUT2D eigenvalue weighted by Crippen LogP contribution is -2.27. The highest BCUT2D eigenvalue weighted by Crippen LogP contribution is 2.33. The fourth-order valence-corrected chi connectivity index (χ4v) is 2.86. The van der Waals surface area contributed by atoms with Gasteiger partial charge in [-0.15, -0.1) is 0 Å². The van der Waals surface area contributed by atoms with Crippen molar-refractivity contribution in [3.8, 4) is 11.5 Å². The van der Waals surface area contributed by atoms with Crippen molar-refractivity contribution in [2.75, 3.05) is 5.73 Å². The molecule has 0 radical (unpaired) electrons. The smallest absolute Gasteiger partial charge is 0.273 e. The van der Waals surface area contributed by atoms with Crippen LogP contribution in [-0.2, 0) is 0 Å². The van der Waals surface area contributed by atoms with E-state index in [4.69, 9.17) is 15.2 Å². The predicted octanol–water partition coefficient (Wildman–Crippen LogP) is 5.23. The molecule has 2 aromatic rings. The summed E-state index contributed by atoms with van der Waals surface area (Å²) in [5, 5.41) is 10.6. The van der Waals surface area contributed by atoms with Crippen LogP contribution in [-0.4, -0.2) is 16.1 Å². The average molecular weight is 380 g/mol. The standard InChI is InChI=1S/C11H11NO3.C11H13NO/c1-11(2)6-5-8-3-4-9(12(13)14)7-10(8)15-11;1-11(2)6-5-8-3-4-9(12)7-10(8)13-11/h3-7H,1-2H3;3-7H,12H2,1-2H3. The van der Waals surface area contributed by atoms with E-state index < -0.39 is 10.5 Å². The number of nitro groups is 1. The molecule has 2 N–H and O–H groups in total. The molecule has 0 aromatic heterocycles. The number of nitrogen functional groups attached to an aromatic ring is 1. The molecule has 28 heavy (non-hydrogen) atoms. The summed E-state index contributed by atoms with van der Waals surface area (Å²) in [5.41, 5.74) is 7.81. The van der Waals surface area contributed by atoms with Crippen LogP contribution >= 0.6 is 0 Å². The van der Waals surface area contributed by atoms with Gasteiger partial charge in [-0.05, 0) is 58.0 Å². The third-order valence-corrected chi connectivity index (χ3v) is 4.32. The van der Waals surface area contributed by atoms with Crippen LogP contribution in [0.15, 0.2) is 48.6 Å². The zero-order valence-corrected chi connectivity index (χ0v) is 16.4. The zero-order chi connectivity index (χ0) is 20.5. The van der Waals surface area contributed by atoms with Crippen molar-refractivity contribution in [2.24, 2.45) is 0 Å². The van der Waals surface area contributed by atoms with Crippen LogP contribution < -0.4 is 15.2 Å². The second-order valence-electron chi connectivity index (χ2n) is 7.85. The van der Waals surface area contributed by atoms with E-state index in [0.29, 0.717) is 5.75 Å². The number of hydrogen-bond donors (Lipinski definition) is 1. The third kappa shape index (κ3) is 4.52. The molecule has 2 aromatic carbocycles. The first-order valence-corrected chi connectivity index (χ1v) is 8.99. The quantitative estimate of drug-likeness (QED) is 0.416. The molecule has 2 heterocycles. The lowest BCUT2D eigenvalue weighted by Gasteiger charge is -2.27. The minimum Gasteiger partial charge on any atom is -0.483 e. The molecule has 4 rings (SSSR count). The molecule has 0 fully saturated rings. The van der Waals surface area contributed by atoms with Gasteiger partial charge in [0.1, 0.15) is 22.7 Å². The van der Waals surface area contributed by atoms with Gasteiger partial charge in [0.25, 0.3) is 5.69 Å². The van der Waals surface area contributed by atoms with Gasteiger partial charge >= 0.3 is 0 Å². The first-order chi connectivity index (χ1) is 13.0. The second-order valence-corrected chi connectivity index (χ2v) is 7.85. The molecule has 0 saturated heterocycles. The molecule has 0 aliphatic carbocycles. The maximum absolute atomic E-state index is 10.6. The molecule has 2 aliphatic rings. The van der Waals surface area contributed by atoms with E-state index in [1.54, 1.807) is 6.07 Å². The van der Waals surface area contributed by atoms with Gasteiger partial charge in [0.2, 0.25) is 0 Å². The fourth-order valence-electron chi connectivity index (χ4n) is 2.86. The summed E-state index contributed by atoms with van der Waals surface area (Å²) in [4.78, 5) is 10.2. The SMILES string of the molecule is CC1(C)C=Cc2ccc(N)cc2O1.CC1(C)C=Cc2ccc([N+](=O)[O-])cc2O1. The summed E-state index contributed by atoms with van der Waals surface area (Å²) >= 11 is 0. The monoisotopic (exact) mass is 380 g/mol. The van der Waals surface area contributed by atoms with Crippen molar-refractivity contribution in [3.05, 3.63) is 69.8 Å². The van der Waals surface area contributed by atoms with Crippen LogP contribution in [0, 0.1) is 10.1 Å². The number of hydrogen-bond acceptors (Lipinski definition) is 5. The van der Waals surface area contributed by atoms with Gasteiger partial charge in [-0.3, -0.25) is 10.1 Å². The molecule has 6 heteroatoms. The van der Waals surface area contributed by atoms with Gasteiger partial charge in [-0.2, -0.15) is 0 Å². The Labute approximate surface area is 164 Å². The summed E-state index contributed by atoms with van der Waals surface area (Å²) < 4.78 is 11.4. The van der Waals surface area contributed by atoms with Crippen LogP contribution in [0.5, 0.6) is 11.5 Å². The molecular formula is C22H24N2O4. The van der Waals surface area contributed by atoms with Crippen LogP contribution in [0.1, 0.15) is 38.8 Å². The highest BCUT2D eigenvalue weighted by atomic mass is 16.6. The maximum Gasteiger partial charge on any atom is 0.273 e. The molecule has 0 amide bonds. The summed E-state index contributed by atoms with van der Waals surface area (Å²) in [7, 11) is 0. The average Bonchev–Trinajstić information content (AvgIpc) is 2.59. The Balaban J connectivity index is 0.000000162. The van der Waals surface area contributed by atoms with Gasteiger partial charge in [-0.25, -0.2) is 0 Å². The van der Waals surface area contributed by atoms with E-state index in [9.17, 15) is 10.1 Å². The van der Waals surface area contributed by atoms with E-state index >= 15 is 0 Å². The van der Waals surface area contributed by atoms with Gasteiger partial charge in [0.05, 0.1) is 11.0 Å². The first-order valence-electron chi connectivity index (χ1n) is 8.99. The lowest BCUT2D eigenvalue weighted by atomic mass is 10.0. The highest BCUT2D eigenvalue weighted by molar-refractivity contribution is 5.65. The molecule has 6 nitrogen and oxygen atoms in total. The molecule has 0 unspecified atom stereocenters. The summed E-state index contributed by atoms with van der Waals surface area (Å²) in [6.07, 6.45) is 7.97. The second kappa shape index (κ2) is 7.03. The van der Waals surface area contributed by atoms with Gasteiger partial charge in [-0.1, -0.05) is 12.2 Å². The summed E-state index contributed by atoms with van der Waals surface area (Å²) in [5.74, 6) is 1.43. The van der Waals surface area contributed by atoms with Crippen LogP contribution in [0.4, 0.5) is 11.4 Å². The Bertz CT molecular complexity index is 974. The van der Waals surface area contributed by atoms with Gasteiger partial charge in [0.15, 0.2) is 0 Å². The Hall–Kier alpha value is -3.28. The number of non-ortho nitro benzene ring substituents is 1. The predicted molar refractivity (Wildman–Crippen MR) is 111 cm³/mol. The minimum atomic E-state index is -0.422. The molecule has 0 bridgehead atoms. The molecular weight excluding hydrogens is 356 g/mol. The van der Waals surface area contributed by atoms with Crippen LogP contribution in [0.25, 0.3) is 12.2 Å². The van der Waals surface area contributed by atoms with E-state index in [0.717, 1.165) is 22.6 Å². The number of fused-ring (bicyclic) bond motifs is 2. The number of anilines is 1. The van der Waals surface area contributed by atoms with Gasteiger partial charge in [0, 0.05) is 28.9 Å². The van der Waals surface area contributed by atoms with Gasteiger partial charge < -0.3 is 15.2 Å². The zero-order valence-electron chi connectivity index (χ0n) is 16.4. The van der Waals surface area contributed by atoms with Crippen LogP contribution in [0.3, 0.4) is 0 Å². The lowest BCUT2D eigenvalue weighted by molar-refractivity contribution is -0.385. The molecule has 0 spiro atoms. The fraction of sp³-hybridized carbons (Fsp3) is 0.273. The van der Waals surface area contributed by atoms with E-state index in [2.05, 4.69) is 6.08 Å². The summed E-state index contributed by atoms with van der Waals surface area (Å²) in [6.45, 7) is 7.86. The van der Waals surface area contributed by atoms with Crippen LogP contribution in [0.2, 0.25) is 0 Å². The van der Waals surface area contributed by atoms with Crippen molar-refractivity contribution >= 4 is 23.5 Å². The van der Waals surface area contributed by atoms with E-state index in [1.165, 1.54) is 12.1 Å². The number of nitro benzene ring substituents is 1. The Morgan fingerprint density at radius 1 is 0.857 bits per heavy atom. The molecule has 0 saturated carbocycles. The number of rotatable bonds is 1. The molecule has 146 valence electrons. The Kier molecular flexibility index (Phi) is 4.89. The number of ether oxygens (including phenoxy) is 2. The largest absolute Gasteiger partial charge is 0.483 e. The normalized spacial score (nSPS) is 17.1. The third-order valence-electron chi connectivity index (χ3n) is 4.32. The molecule has 0 atom stereocenters. The molecule has 2 aliphatic heterocycles. The van der Waals surface area contributed by atoms with E-state index in [1.807, 2.05) is 64.1 Å². The Morgan fingerprint density at radius 2 is 1.36 bits per heavy atom. The topological polar surface area (TPSA) is 87.6 Å². The Morgan fingerprint density at radius 3 is 1.89 bits per heavy atom. The first kappa shape index (κ1) is 19.5. The minimum absolute atomic E-state index is 0.0554. The highest BCUT2D eigenvalue weighted by Gasteiger charge is 2.23.